The molecule has 1 saturated heterocycles. The van der Waals surface area contributed by atoms with Gasteiger partial charge in [-0.2, -0.15) is 4.31 Å². The SMILES string of the molecule is CC(C)c1cccc2sc(N(Cc3cccnc3)C(=O)C3CCCN3S(=O)(=O)c3cccs3)nc12. The van der Waals surface area contributed by atoms with Gasteiger partial charge in [-0.25, -0.2) is 13.4 Å². The normalized spacial score (nSPS) is 16.8. The molecule has 1 amide bonds. The smallest absolute Gasteiger partial charge is 0.253 e. The van der Waals surface area contributed by atoms with Gasteiger partial charge in [-0.1, -0.05) is 49.4 Å². The van der Waals surface area contributed by atoms with Crippen LogP contribution in [-0.2, 0) is 21.4 Å². The molecule has 0 N–H and O–H groups in total. The van der Waals surface area contributed by atoms with Crippen molar-refractivity contribution in [3.63, 3.8) is 0 Å². The van der Waals surface area contributed by atoms with Crippen LogP contribution in [0.4, 0.5) is 5.13 Å². The van der Waals surface area contributed by atoms with Gasteiger partial charge in [0.2, 0.25) is 5.91 Å². The summed E-state index contributed by atoms with van der Waals surface area (Å²) in [5.74, 6) is 0.0361. The van der Waals surface area contributed by atoms with Crippen molar-refractivity contribution in [2.24, 2.45) is 0 Å². The average molecular weight is 527 g/mol. The lowest BCUT2D eigenvalue weighted by atomic mass is 10.0. The average Bonchev–Trinajstić information content (AvgIpc) is 3.62. The standard InChI is InChI=1S/C25H26N4O3S3/c1-17(2)19-8-3-10-21-23(19)27-25(34-21)28(16-18-7-4-12-26-15-18)24(30)20-9-5-13-29(20)35(31,32)22-11-6-14-33-22/h3-4,6-8,10-12,14-15,17,20H,5,9,13,16H2,1-2H3. The number of anilines is 1. The summed E-state index contributed by atoms with van der Waals surface area (Å²) >= 11 is 2.63. The molecule has 1 unspecified atom stereocenters. The van der Waals surface area contributed by atoms with Crippen molar-refractivity contribution in [2.45, 2.75) is 49.4 Å². The Balaban J connectivity index is 1.55. The zero-order valence-electron chi connectivity index (χ0n) is 19.5. The third kappa shape index (κ3) is 4.63. The van der Waals surface area contributed by atoms with Crippen molar-refractivity contribution >= 4 is 54.0 Å². The number of rotatable bonds is 7. The van der Waals surface area contributed by atoms with E-state index in [0.717, 1.165) is 21.3 Å². The van der Waals surface area contributed by atoms with E-state index in [2.05, 4.69) is 24.9 Å². The summed E-state index contributed by atoms with van der Waals surface area (Å²) in [5.41, 5.74) is 2.87. The van der Waals surface area contributed by atoms with Gasteiger partial charge >= 0.3 is 0 Å². The van der Waals surface area contributed by atoms with Crippen molar-refractivity contribution in [1.82, 2.24) is 14.3 Å². The van der Waals surface area contributed by atoms with E-state index in [0.29, 0.717) is 24.5 Å². The van der Waals surface area contributed by atoms with E-state index in [1.807, 2.05) is 24.3 Å². The molecule has 1 aromatic carbocycles. The van der Waals surface area contributed by atoms with Crippen LogP contribution in [0.2, 0.25) is 0 Å². The van der Waals surface area contributed by atoms with E-state index < -0.39 is 16.1 Å². The number of carbonyl (C=O) groups excluding carboxylic acids is 1. The zero-order chi connectivity index (χ0) is 24.6. The van der Waals surface area contributed by atoms with E-state index >= 15 is 0 Å². The Morgan fingerprint density at radius 2 is 2.06 bits per heavy atom. The third-order valence-electron chi connectivity index (χ3n) is 6.17. The van der Waals surface area contributed by atoms with E-state index in [9.17, 15) is 13.2 Å². The second-order valence-electron chi connectivity index (χ2n) is 8.84. The highest BCUT2D eigenvalue weighted by Crippen LogP contribution is 2.36. The number of thiazole rings is 1. The Morgan fingerprint density at radius 3 is 2.77 bits per heavy atom. The van der Waals surface area contributed by atoms with Crippen molar-refractivity contribution in [2.75, 3.05) is 11.4 Å². The predicted octanol–water partition coefficient (Wildman–Crippen LogP) is 5.26. The van der Waals surface area contributed by atoms with Crippen LogP contribution in [0.1, 0.15) is 43.7 Å². The molecule has 0 spiro atoms. The monoisotopic (exact) mass is 526 g/mol. The van der Waals surface area contributed by atoms with Crippen LogP contribution < -0.4 is 4.90 Å². The Hall–Kier alpha value is -2.66. The Morgan fingerprint density at radius 1 is 1.20 bits per heavy atom. The first-order valence-corrected chi connectivity index (χ1v) is 14.6. The molecule has 7 nitrogen and oxygen atoms in total. The highest BCUT2D eigenvalue weighted by atomic mass is 32.2. The second kappa shape index (κ2) is 9.77. The summed E-state index contributed by atoms with van der Waals surface area (Å²) in [7, 11) is -3.75. The highest BCUT2D eigenvalue weighted by molar-refractivity contribution is 7.91. The van der Waals surface area contributed by atoms with Gasteiger partial charge in [0.15, 0.2) is 5.13 Å². The van der Waals surface area contributed by atoms with Gasteiger partial charge in [0, 0.05) is 18.9 Å². The third-order valence-corrected chi connectivity index (χ3v) is 10.5. The van der Waals surface area contributed by atoms with Gasteiger partial charge in [0.05, 0.1) is 16.8 Å². The molecule has 35 heavy (non-hydrogen) atoms. The number of amides is 1. The van der Waals surface area contributed by atoms with Gasteiger partial charge < -0.3 is 0 Å². The van der Waals surface area contributed by atoms with Crippen LogP contribution in [0.25, 0.3) is 10.2 Å². The van der Waals surface area contributed by atoms with E-state index in [4.69, 9.17) is 4.98 Å². The summed E-state index contributed by atoms with van der Waals surface area (Å²) in [4.78, 5) is 24.8. The first kappa shape index (κ1) is 24.1. The number of carbonyl (C=O) groups is 1. The molecule has 5 rings (SSSR count). The van der Waals surface area contributed by atoms with Gasteiger partial charge in [-0.05, 0) is 53.5 Å². The molecule has 10 heteroatoms. The molecule has 1 aliphatic rings. The van der Waals surface area contributed by atoms with Gasteiger partial charge in [-0.15, -0.1) is 11.3 Å². The van der Waals surface area contributed by atoms with Crippen LogP contribution >= 0.6 is 22.7 Å². The summed E-state index contributed by atoms with van der Waals surface area (Å²) < 4.78 is 29.3. The van der Waals surface area contributed by atoms with Crippen molar-refractivity contribution in [3.8, 4) is 0 Å². The molecule has 182 valence electrons. The van der Waals surface area contributed by atoms with Gasteiger partial charge in [0.1, 0.15) is 10.3 Å². The minimum absolute atomic E-state index is 0.253. The van der Waals surface area contributed by atoms with E-state index in [1.165, 1.54) is 27.0 Å². The fourth-order valence-electron chi connectivity index (χ4n) is 4.43. The molecule has 1 atom stereocenters. The van der Waals surface area contributed by atoms with Crippen LogP contribution in [0, 0.1) is 0 Å². The van der Waals surface area contributed by atoms with E-state index in [1.54, 1.807) is 34.8 Å². The number of hydrogen-bond acceptors (Lipinski definition) is 7. The lowest BCUT2D eigenvalue weighted by Crippen LogP contribution is -2.47. The Bertz CT molecular complexity index is 1430. The maximum atomic E-state index is 14.0. The maximum absolute atomic E-state index is 14.0. The molecular formula is C25H26N4O3S3. The molecule has 0 aliphatic carbocycles. The predicted molar refractivity (Wildman–Crippen MR) is 140 cm³/mol. The molecule has 1 aliphatic heterocycles. The topological polar surface area (TPSA) is 83.5 Å². The fraction of sp³-hybridized carbons (Fsp3) is 0.320. The van der Waals surface area contributed by atoms with E-state index in [-0.39, 0.29) is 22.6 Å². The quantitative estimate of drug-likeness (QED) is 0.328. The van der Waals surface area contributed by atoms with Crippen LogP contribution in [0.15, 0.2) is 64.4 Å². The number of sulfonamides is 1. The lowest BCUT2D eigenvalue weighted by Gasteiger charge is -2.28. The Labute approximate surface area is 213 Å². The number of para-hydroxylation sites is 1. The molecule has 4 aromatic rings. The second-order valence-corrected chi connectivity index (χ2v) is 12.9. The molecule has 4 heterocycles. The van der Waals surface area contributed by atoms with Crippen LogP contribution in [0.5, 0.6) is 0 Å². The summed E-state index contributed by atoms with van der Waals surface area (Å²) in [5, 5.41) is 2.31. The van der Waals surface area contributed by atoms with Crippen molar-refractivity contribution in [1.29, 1.82) is 0 Å². The van der Waals surface area contributed by atoms with Gasteiger partial charge in [-0.3, -0.25) is 14.7 Å². The summed E-state index contributed by atoms with van der Waals surface area (Å²) in [6.07, 6.45) is 4.53. The lowest BCUT2D eigenvalue weighted by molar-refractivity contribution is -0.121. The summed E-state index contributed by atoms with van der Waals surface area (Å²) in [6.45, 7) is 4.85. The molecule has 3 aromatic heterocycles. The minimum Gasteiger partial charge on any atom is -0.282 e. The van der Waals surface area contributed by atoms with Gasteiger partial charge in [0.25, 0.3) is 10.0 Å². The fourth-order valence-corrected chi connectivity index (χ4v) is 8.21. The Kier molecular flexibility index (Phi) is 6.71. The molecule has 0 radical (unpaired) electrons. The molecular weight excluding hydrogens is 501 g/mol. The molecule has 0 bridgehead atoms. The number of hydrogen-bond donors (Lipinski definition) is 0. The highest BCUT2D eigenvalue weighted by Gasteiger charge is 2.42. The van der Waals surface area contributed by atoms with Crippen LogP contribution in [-0.4, -0.2) is 41.2 Å². The number of aromatic nitrogens is 2. The first-order chi connectivity index (χ1) is 16.9. The number of nitrogens with zero attached hydrogens (tertiary/aromatic N) is 4. The number of thiophene rings is 1. The number of benzene rings is 1. The van der Waals surface area contributed by atoms with Crippen molar-refractivity contribution < 1.29 is 13.2 Å². The maximum Gasteiger partial charge on any atom is 0.253 e. The first-order valence-electron chi connectivity index (χ1n) is 11.5. The number of fused-ring (bicyclic) bond motifs is 1. The number of pyridine rings is 1. The summed E-state index contributed by atoms with van der Waals surface area (Å²) in [6, 6.07) is 12.4. The van der Waals surface area contributed by atoms with Crippen molar-refractivity contribution in [3.05, 3.63) is 71.4 Å². The largest absolute Gasteiger partial charge is 0.282 e. The minimum atomic E-state index is -3.75. The molecule has 0 saturated carbocycles. The van der Waals surface area contributed by atoms with Crippen LogP contribution in [0.3, 0.4) is 0 Å². The molecule has 1 fully saturated rings. The zero-order valence-corrected chi connectivity index (χ0v) is 21.9.